The summed E-state index contributed by atoms with van der Waals surface area (Å²) >= 11 is 0. The molecular weight excluding hydrogens is 224 g/mol. The van der Waals surface area contributed by atoms with Gasteiger partial charge in [0.05, 0.1) is 7.11 Å². The predicted molar refractivity (Wildman–Crippen MR) is 76.6 cm³/mol. The van der Waals surface area contributed by atoms with E-state index in [1.54, 1.807) is 7.11 Å². The van der Waals surface area contributed by atoms with Crippen LogP contribution in [0.2, 0.25) is 0 Å². The molecule has 0 aromatic heterocycles. The van der Waals surface area contributed by atoms with E-state index >= 15 is 0 Å². The molecule has 100 valence electrons. The summed E-state index contributed by atoms with van der Waals surface area (Å²) in [6, 6.07) is 7.16. The third-order valence-electron chi connectivity index (χ3n) is 3.73. The lowest BCUT2D eigenvalue weighted by molar-refractivity contribution is 0.411. The molecule has 3 heteroatoms. The van der Waals surface area contributed by atoms with Crippen molar-refractivity contribution in [3.8, 4) is 5.75 Å². The van der Waals surface area contributed by atoms with Crippen molar-refractivity contribution in [1.82, 2.24) is 5.32 Å². The Morgan fingerprint density at radius 1 is 1.33 bits per heavy atom. The second-order valence-corrected chi connectivity index (χ2v) is 4.97. The largest absolute Gasteiger partial charge is 0.496 e. The van der Waals surface area contributed by atoms with Gasteiger partial charge in [0.25, 0.3) is 0 Å². The molecule has 1 heterocycles. The zero-order valence-corrected chi connectivity index (χ0v) is 11.7. The van der Waals surface area contributed by atoms with Crippen LogP contribution in [-0.2, 0) is 0 Å². The van der Waals surface area contributed by atoms with Crippen LogP contribution < -0.4 is 15.0 Å². The number of aryl methyl sites for hydroxylation is 1. The number of rotatable bonds is 4. The number of ether oxygens (including phenoxy) is 1. The number of methoxy groups -OCH3 is 1. The fourth-order valence-corrected chi connectivity index (χ4v) is 2.69. The van der Waals surface area contributed by atoms with Gasteiger partial charge < -0.3 is 15.0 Å². The highest BCUT2D eigenvalue weighted by Gasteiger charge is 2.18. The smallest absolute Gasteiger partial charge is 0.121 e. The fourth-order valence-electron chi connectivity index (χ4n) is 2.69. The van der Waals surface area contributed by atoms with Crippen molar-refractivity contribution >= 4 is 5.69 Å². The van der Waals surface area contributed by atoms with Crippen LogP contribution >= 0.6 is 0 Å². The molecule has 18 heavy (non-hydrogen) atoms. The molecule has 0 unspecified atom stereocenters. The molecule has 1 fully saturated rings. The van der Waals surface area contributed by atoms with Gasteiger partial charge in [-0.05, 0) is 50.1 Å². The Bertz CT molecular complexity index is 384. The first-order valence-corrected chi connectivity index (χ1v) is 6.87. The van der Waals surface area contributed by atoms with Gasteiger partial charge >= 0.3 is 0 Å². The number of piperidine rings is 1. The maximum absolute atomic E-state index is 5.31. The summed E-state index contributed by atoms with van der Waals surface area (Å²) in [4.78, 5) is 2.47. The van der Waals surface area contributed by atoms with Gasteiger partial charge in [0.2, 0.25) is 0 Å². The first-order valence-electron chi connectivity index (χ1n) is 6.87. The molecule has 1 aliphatic rings. The van der Waals surface area contributed by atoms with E-state index in [1.165, 1.54) is 24.1 Å². The van der Waals surface area contributed by atoms with Crippen LogP contribution in [0.4, 0.5) is 5.69 Å². The molecule has 0 amide bonds. The van der Waals surface area contributed by atoms with E-state index in [0.717, 1.165) is 25.4 Å². The lowest BCUT2D eigenvalue weighted by Gasteiger charge is -2.34. The van der Waals surface area contributed by atoms with E-state index in [9.17, 15) is 0 Å². The summed E-state index contributed by atoms with van der Waals surface area (Å²) in [7, 11) is 1.73. The quantitative estimate of drug-likeness (QED) is 0.886. The first kappa shape index (κ1) is 13.2. The standard InChI is InChI=1S/C15H24N2O/c1-4-16-13-7-9-17(10-8-13)14-5-6-15(18-3)12(2)11-14/h5-6,11,13,16H,4,7-10H2,1-3H3. The minimum Gasteiger partial charge on any atom is -0.496 e. The summed E-state index contributed by atoms with van der Waals surface area (Å²) in [6.45, 7) is 7.64. The molecule has 1 N–H and O–H groups in total. The Kier molecular flexibility index (Phi) is 4.48. The lowest BCUT2D eigenvalue weighted by atomic mass is 10.0. The normalized spacial score (nSPS) is 16.9. The Hall–Kier alpha value is -1.22. The molecule has 3 nitrogen and oxygen atoms in total. The molecule has 1 aromatic rings. The van der Waals surface area contributed by atoms with Gasteiger partial charge in [0, 0.05) is 24.8 Å². The number of anilines is 1. The highest BCUT2D eigenvalue weighted by Crippen LogP contribution is 2.26. The molecule has 0 atom stereocenters. The molecule has 0 bridgehead atoms. The van der Waals surface area contributed by atoms with Gasteiger partial charge in [-0.15, -0.1) is 0 Å². The van der Waals surface area contributed by atoms with Gasteiger partial charge in [-0.3, -0.25) is 0 Å². The van der Waals surface area contributed by atoms with E-state index in [2.05, 4.69) is 42.3 Å². The van der Waals surface area contributed by atoms with Crippen LogP contribution in [0.1, 0.15) is 25.3 Å². The van der Waals surface area contributed by atoms with Crippen molar-refractivity contribution in [2.75, 3.05) is 31.6 Å². The Morgan fingerprint density at radius 2 is 2.06 bits per heavy atom. The van der Waals surface area contributed by atoms with Crippen molar-refractivity contribution < 1.29 is 4.74 Å². The Labute approximate surface area is 110 Å². The third-order valence-corrected chi connectivity index (χ3v) is 3.73. The number of nitrogens with one attached hydrogen (secondary N) is 1. The molecule has 0 aliphatic carbocycles. The third kappa shape index (κ3) is 2.96. The summed E-state index contributed by atoms with van der Waals surface area (Å²) in [6.07, 6.45) is 2.47. The van der Waals surface area contributed by atoms with Crippen LogP contribution in [-0.4, -0.2) is 32.8 Å². The van der Waals surface area contributed by atoms with Gasteiger partial charge in [-0.2, -0.15) is 0 Å². The van der Waals surface area contributed by atoms with Crippen LogP contribution in [0.5, 0.6) is 5.75 Å². The fraction of sp³-hybridized carbons (Fsp3) is 0.600. The zero-order valence-electron chi connectivity index (χ0n) is 11.7. The maximum Gasteiger partial charge on any atom is 0.121 e. The minimum atomic E-state index is 0.700. The van der Waals surface area contributed by atoms with E-state index < -0.39 is 0 Å². The Balaban J connectivity index is 1.99. The summed E-state index contributed by atoms with van der Waals surface area (Å²) < 4.78 is 5.31. The van der Waals surface area contributed by atoms with E-state index in [4.69, 9.17) is 4.74 Å². The number of hydrogen-bond acceptors (Lipinski definition) is 3. The first-order chi connectivity index (χ1) is 8.74. The predicted octanol–water partition coefficient (Wildman–Crippen LogP) is 2.58. The van der Waals surface area contributed by atoms with E-state index in [-0.39, 0.29) is 0 Å². The van der Waals surface area contributed by atoms with Gasteiger partial charge in [0.1, 0.15) is 5.75 Å². The maximum atomic E-state index is 5.31. The molecule has 1 aliphatic heterocycles. The highest BCUT2D eigenvalue weighted by molar-refractivity contribution is 5.53. The van der Waals surface area contributed by atoms with Crippen molar-refractivity contribution in [3.05, 3.63) is 23.8 Å². The number of hydrogen-bond donors (Lipinski definition) is 1. The highest BCUT2D eigenvalue weighted by atomic mass is 16.5. The van der Waals surface area contributed by atoms with E-state index in [0.29, 0.717) is 6.04 Å². The molecule has 1 aromatic carbocycles. The minimum absolute atomic E-state index is 0.700. The van der Waals surface area contributed by atoms with Crippen LogP contribution in [0, 0.1) is 6.92 Å². The topological polar surface area (TPSA) is 24.5 Å². The van der Waals surface area contributed by atoms with Crippen molar-refractivity contribution in [2.24, 2.45) is 0 Å². The molecule has 2 rings (SSSR count). The average Bonchev–Trinajstić information content (AvgIpc) is 2.40. The molecule has 1 saturated heterocycles. The van der Waals surface area contributed by atoms with Crippen LogP contribution in [0.25, 0.3) is 0 Å². The molecular formula is C15H24N2O. The van der Waals surface area contributed by atoms with Crippen molar-refractivity contribution in [3.63, 3.8) is 0 Å². The monoisotopic (exact) mass is 248 g/mol. The average molecular weight is 248 g/mol. The Morgan fingerprint density at radius 3 is 2.61 bits per heavy atom. The molecule has 0 saturated carbocycles. The molecule has 0 radical (unpaired) electrons. The summed E-state index contributed by atoms with van der Waals surface area (Å²) in [5.74, 6) is 0.973. The second-order valence-electron chi connectivity index (χ2n) is 4.97. The zero-order chi connectivity index (χ0) is 13.0. The van der Waals surface area contributed by atoms with Gasteiger partial charge in [-0.1, -0.05) is 6.92 Å². The SMILES string of the molecule is CCNC1CCN(c2ccc(OC)c(C)c2)CC1. The molecule has 0 spiro atoms. The lowest BCUT2D eigenvalue weighted by Crippen LogP contribution is -2.42. The van der Waals surface area contributed by atoms with Gasteiger partial charge in [0.15, 0.2) is 0 Å². The van der Waals surface area contributed by atoms with Crippen LogP contribution in [0.3, 0.4) is 0 Å². The van der Waals surface area contributed by atoms with Gasteiger partial charge in [-0.25, -0.2) is 0 Å². The van der Waals surface area contributed by atoms with Crippen molar-refractivity contribution in [2.45, 2.75) is 32.7 Å². The second kappa shape index (κ2) is 6.10. The van der Waals surface area contributed by atoms with E-state index in [1.807, 2.05) is 0 Å². The van der Waals surface area contributed by atoms with Crippen LogP contribution in [0.15, 0.2) is 18.2 Å². The van der Waals surface area contributed by atoms with Crippen molar-refractivity contribution in [1.29, 1.82) is 0 Å². The summed E-state index contributed by atoms with van der Waals surface area (Å²) in [5, 5.41) is 3.54. The number of benzene rings is 1. The number of nitrogens with zero attached hydrogens (tertiary/aromatic N) is 1. The summed E-state index contributed by atoms with van der Waals surface area (Å²) in [5.41, 5.74) is 2.53.